The number of nitrogens with zero attached hydrogens (tertiary/aromatic N) is 2. The highest BCUT2D eigenvalue weighted by atomic mass is 16.5. The molecule has 0 spiro atoms. The van der Waals surface area contributed by atoms with Crippen LogP contribution in [-0.2, 0) is 0 Å². The number of fused-ring (bicyclic) bond motifs is 1. The normalized spacial score (nSPS) is 16.5. The molecule has 1 aromatic heterocycles. The highest BCUT2D eigenvalue weighted by Crippen LogP contribution is 2.40. The van der Waals surface area contributed by atoms with Crippen molar-refractivity contribution >= 4 is 5.91 Å². The maximum atomic E-state index is 12.6. The van der Waals surface area contributed by atoms with Gasteiger partial charge in [-0.15, -0.1) is 0 Å². The predicted molar refractivity (Wildman–Crippen MR) is 91.8 cm³/mol. The molecule has 3 aromatic rings. The summed E-state index contributed by atoms with van der Waals surface area (Å²) in [5.74, 6) is 0.852. The molecule has 0 bridgehead atoms. The topological polar surface area (TPSA) is 46.3 Å². The van der Waals surface area contributed by atoms with Gasteiger partial charge in [0.2, 0.25) is 0 Å². The summed E-state index contributed by atoms with van der Waals surface area (Å²) < 4.78 is 5.30. The Hall–Kier alpha value is -2.88. The summed E-state index contributed by atoms with van der Waals surface area (Å²) in [6.07, 6.45) is 0. The lowest BCUT2D eigenvalue weighted by atomic mass is 9.93. The van der Waals surface area contributed by atoms with Gasteiger partial charge in [0.25, 0.3) is 5.91 Å². The Morgan fingerprint density at radius 1 is 1.08 bits per heavy atom. The van der Waals surface area contributed by atoms with Crippen molar-refractivity contribution in [1.29, 1.82) is 0 Å². The van der Waals surface area contributed by atoms with Gasteiger partial charge in [-0.2, -0.15) is 0 Å². The number of hydrogen-bond donors (Lipinski definition) is 0. The van der Waals surface area contributed by atoms with Crippen LogP contribution in [0.1, 0.15) is 39.0 Å². The second-order valence-corrected chi connectivity index (χ2v) is 6.23. The van der Waals surface area contributed by atoms with E-state index in [-0.39, 0.29) is 11.9 Å². The summed E-state index contributed by atoms with van der Waals surface area (Å²) in [5, 5.41) is 4.04. The molecule has 24 heavy (non-hydrogen) atoms. The van der Waals surface area contributed by atoms with E-state index in [1.807, 2.05) is 51.2 Å². The summed E-state index contributed by atoms with van der Waals surface area (Å²) >= 11 is 0. The molecule has 1 atom stereocenters. The van der Waals surface area contributed by atoms with E-state index in [1.54, 1.807) is 4.90 Å². The first-order valence-corrected chi connectivity index (χ1v) is 7.97. The van der Waals surface area contributed by atoms with Gasteiger partial charge in [0, 0.05) is 18.2 Å². The predicted octanol–water partition coefficient (Wildman–Crippen LogP) is 4.13. The minimum absolute atomic E-state index is 0.0594. The molecular formula is C20H18N2O2. The van der Waals surface area contributed by atoms with Crippen LogP contribution in [-0.4, -0.2) is 23.0 Å². The lowest BCUT2D eigenvalue weighted by Crippen LogP contribution is -2.23. The van der Waals surface area contributed by atoms with Crippen molar-refractivity contribution in [3.8, 4) is 11.1 Å². The second-order valence-electron chi connectivity index (χ2n) is 6.23. The Morgan fingerprint density at radius 3 is 2.50 bits per heavy atom. The molecule has 0 aliphatic carbocycles. The maximum Gasteiger partial charge on any atom is 0.254 e. The van der Waals surface area contributed by atoms with Crippen LogP contribution >= 0.6 is 0 Å². The average Bonchev–Trinajstić information content (AvgIpc) is 3.05. The molecule has 0 radical (unpaired) electrons. The summed E-state index contributed by atoms with van der Waals surface area (Å²) in [5.41, 5.74) is 5.82. The van der Waals surface area contributed by atoms with E-state index in [4.69, 9.17) is 4.52 Å². The summed E-state index contributed by atoms with van der Waals surface area (Å²) in [6.45, 7) is 3.85. The monoisotopic (exact) mass is 318 g/mol. The zero-order chi connectivity index (χ0) is 16.8. The molecule has 2 heterocycles. The molecule has 1 amide bonds. The van der Waals surface area contributed by atoms with Crippen molar-refractivity contribution < 1.29 is 9.32 Å². The van der Waals surface area contributed by atoms with E-state index in [9.17, 15) is 4.79 Å². The van der Waals surface area contributed by atoms with Crippen LogP contribution in [0, 0.1) is 13.8 Å². The minimum Gasteiger partial charge on any atom is -0.361 e. The number of aromatic nitrogens is 1. The largest absolute Gasteiger partial charge is 0.361 e. The van der Waals surface area contributed by atoms with E-state index in [1.165, 1.54) is 0 Å². The summed E-state index contributed by atoms with van der Waals surface area (Å²) in [7, 11) is 1.86. The lowest BCUT2D eigenvalue weighted by Gasteiger charge is -2.21. The van der Waals surface area contributed by atoms with Crippen LogP contribution in [0.4, 0.5) is 0 Å². The number of rotatable bonds is 2. The van der Waals surface area contributed by atoms with Crippen molar-refractivity contribution in [2.45, 2.75) is 19.9 Å². The van der Waals surface area contributed by atoms with Gasteiger partial charge < -0.3 is 9.42 Å². The van der Waals surface area contributed by atoms with Gasteiger partial charge in [0.05, 0.1) is 11.7 Å². The Kier molecular flexibility index (Phi) is 3.27. The third-order valence-electron chi connectivity index (χ3n) is 4.72. The number of amides is 1. The van der Waals surface area contributed by atoms with Crippen LogP contribution in [0.15, 0.2) is 53.1 Å². The smallest absolute Gasteiger partial charge is 0.254 e. The zero-order valence-corrected chi connectivity index (χ0v) is 13.9. The number of carbonyl (C=O) groups is 1. The Balaban J connectivity index is 1.89. The molecule has 4 rings (SSSR count). The van der Waals surface area contributed by atoms with Crippen molar-refractivity contribution in [3.05, 3.63) is 76.7 Å². The van der Waals surface area contributed by atoms with Crippen LogP contribution in [0.2, 0.25) is 0 Å². The Morgan fingerprint density at radius 2 is 1.83 bits per heavy atom. The number of aryl methyl sites for hydroxylation is 2. The first kappa shape index (κ1) is 14.7. The fraction of sp³-hybridized carbons (Fsp3) is 0.200. The van der Waals surface area contributed by atoms with Gasteiger partial charge >= 0.3 is 0 Å². The van der Waals surface area contributed by atoms with Crippen LogP contribution in [0.5, 0.6) is 0 Å². The molecule has 0 saturated heterocycles. The number of benzene rings is 2. The summed E-state index contributed by atoms with van der Waals surface area (Å²) in [6, 6.07) is 16.0. The van der Waals surface area contributed by atoms with E-state index in [2.05, 4.69) is 23.4 Å². The van der Waals surface area contributed by atoms with Crippen LogP contribution < -0.4 is 0 Å². The van der Waals surface area contributed by atoms with E-state index in [0.717, 1.165) is 39.3 Å². The Labute approximate surface area is 140 Å². The molecule has 1 aliphatic heterocycles. The lowest BCUT2D eigenvalue weighted by molar-refractivity contribution is 0.0793. The van der Waals surface area contributed by atoms with Gasteiger partial charge in [0.1, 0.15) is 5.76 Å². The first-order chi connectivity index (χ1) is 11.6. The molecule has 120 valence electrons. The van der Waals surface area contributed by atoms with Gasteiger partial charge in [-0.25, -0.2) is 0 Å². The number of hydrogen-bond acceptors (Lipinski definition) is 3. The van der Waals surface area contributed by atoms with Crippen molar-refractivity contribution in [1.82, 2.24) is 10.1 Å². The maximum absolute atomic E-state index is 12.6. The zero-order valence-electron chi connectivity index (χ0n) is 13.9. The third-order valence-corrected chi connectivity index (χ3v) is 4.72. The molecule has 0 fully saturated rings. The van der Waals surface area contributed by atoms with E-state index in [0.29, 0.717) is 0 Å². The molecule has 4 nitrogen and oxygen atoms in total. The second kappa shape index (κ2) is 5.34. The van der Waals surface area contributed by atoms with Crippen molar-refractivity contribution in [2.75, 3.05) is 7.05 Å². The molecule has 1 unspecified atom stereocenters. The summed E-state index contributed by atoms with van der Waals surface area (Å²) in [4.78, 5) is 14.4. The van der Waals surface area contributed by atoms with Gasteiger partial charge in [0.15, 0.2) is 0 Å². The Bertz CT molecular complexity index is 909. The van der Waals surface area contributed by atoms with Crippen LogP contribution in [0.25, 0.3) is 11.1 Å². The molecular weight excluding hydrogens is 300 g/mol. The fourth-order valence-corrected chi connectivity index (χ4v) is 3.59. The molecule has 0 saturated carbocycles. The molecule has 2 aromatic carbocycles. The fourth-order valence-electron chi connectivity index (χ4n) is 3.59. The van der Waals surface area contributed by atoms with Gasteiger partial charge in [-0.1, -0.05) is 41.6 Å². The van der Waals surface area contributed by atoms with Gasteiger partial charge in [-0.3, -0.25) is 4.79 Å². The quantitative estimate of drug-likeness (QED) is 0.713. The van der Waals surface area contributed by atoms with Crippen LogP contribution in [0.3, 0.4) is 0 Å². The van der Waals surface area contributed by atoms with Crippen molar-refractivity contribution in [2.24, 2.45) is 0 Å². The molecule has 4 heteroatoms. The molecule has 1 aliphatic rings. The van der Waals surface area contributed by atoms with Crippen molar-refractivity contribution in [3.63, 3.8) is 0 Å². The number of carbonyl (C=O) groups excluding carboxylic acids is 1. The van der Waals surface area contributed by atoms with E-state index < -0.39 is 0 Å². The SMILES string of the molecule is Cc1noc(C)c1-c1ccc2c(c1)C(c1ccccc1)N(C)C2=O. The highest BCUT2D eigenvalue weighted by Gasteiger charge is 2.35. The van der Waals surface area contributed by atoms with E-state index >= 15 is 0 Å². The van der Waals surface area contributed by atoms with Gasteiger partial charge in [-0.05, 0) is 42.7 Å². The minimum atomic E-state index is -0.0610. The first-order valence-electron chi connectivity index (χ1n) is 7.97. The average molecular weight is 318 g/mol. The third kappa shape index (κ3) is 2.07. The molecule has 0 N–H and O–H groups in total. The highest BCUT2D eigenvalue weighted by molar-refractivity contribution is 6.00. The standard InChI is InChI=1S/C20H18N2O2/c1-12-18(13(2)24-21-12)15-9-10-16-17(11-15)19(22(3)20(16)23)14-7-5-4-6-8-14/h4-11,19H,1-3H3.